The number of carbonyl (C=O) groups is 2. The van der Waals surface area contributed by atoms with Gasteiger partial charge in [-0.1, -0.05) is 54.6 Å². The van der Waals surface area contributed by atoms with E-state index in [0.717, 1.165) is 0 Å². The summed E-state index contributed by atoms with van der Waals surface area (Å²) in [4.78, 5) is 27.9. The van der Waals surface area contributed by atoms with Gasteiger partial charge in [0.25, 0.3) is 0 Å². The van der Waals surface area contributed by atoms with Crippen molar-refractivity contribution in [2.45, 2.75) is 11.8 Å². The minimum Gasteiger partial charge on any atom is -0.376 e. The molecule has 2 aromatic carbocycles. The Morgan fingerprint density at radius 3 is 1.70 bits per heavy atom. The standard InChI is InChI=1S/C23H21NO3/c1-2-12-27-13-11-24-22(25)20-18-14-7-3-4-8-15(14)19(21(20)23(24)26)17-10-6-5-9-16(17)18/h2-10,18-21H,1,11-13H2/t18?,19?,20-,21+. The monoisotopic (exact) mass is 359 g/mol. The normalized spacial score (nSPS) is 27.3. The average molecular weight is 359 g/mol. The van der Waals surface area contributed by atoms with Gasteiger partial charge >= 0.3 is 0 Å². The number of hydrogen-bond acceptors (Lipinski definition) is 3. The molecule has 0 spiro atoms. The molecule has 2 bridgehead atoms. The topological polar surface area (TPSA) is 46.6 Å². The number of hydrogen-bond donors (Lipinski definition) is 0. The van der Waals surface area contributed by atoms with Crippen LogP contribution in [0.5, 0.6) is 0 Å². The van der Waals surface area contributed by atoms with E-state index in [2.05, 4.69) is 30.8 Å². The fourth-order valence-corrected chi connectivity index (χ4v) is 5.28. The zero-order chi connectivity index (χ0) is 18.5. The van der Waals surface area contributed by atoms with E-state index < -0.39 is 0 Å². The molecule has 0 saturated carbocycles. The van der Waals surface area contributed by atoms with Crippen molar-refractivity contribution in [3.05, 3.63) is 83.4 Å². The van der Waals surface area contributed by atoms with E-state index in [0.29, 0.717) is 19.8 Å². The minimum absolute atomic E-state index is 0.0389. The van der Waals surface area contributed by atoms with E-state index >= 15 is 0 Å². The van der Waals surface area contributed by atoms with Crippen LogP contribution in [0.1, 0.15) is 34.1 Å². The van der Waals surface area contributed by atoms with Crippen LogP contribution in [0.4, 0.5) is 0 Å². The third-order valence-corrected chi connectivity index (χ3v) is 6.23. The number of amides is 2. The van der Waals surface area contributed by atoms with Crippen molar-refractivity contribution >= 4 is 11.8 Å². The van der Waals surface area contributed by atoms with Crippen LogP contribution in [0.2, 0.25) is 0 Å². The Labute approximate surface area is 158 Å². The summed E-state index contributed by atoms with van der Waals surface area (Å²) in [6.07, 6.45) is 1.67. The first-order valence-electron chi connectivity index (χ1n) is 9.45. The summed E-state index contributed by atoms with van der Waals surface area (Å²) in [6, 6.07) is 16.6. The summed E-state index contributed by atoms with van der Waals surface area (Å²) in [5.41, 5.74) is 4.81. The summed E-state index contributed by atoms with van der Waals surface area (Å²) in [7, 11) is 0. The van der Waals surface area contributed by atoms with Gasteiger partial charge in [0.1, 0.15) is 0 Å². The molecule has 1 fully saturated rings. The first-order chi connectivity index (χ1) is 13.2. The molecule has 4 aliphatic rings. The lowest BCUT2D eigenvalue weighted by atomic mass is 9.55. The fraction of sp³-hybridized carbons (Fsp3) is 0.304. The van der Waals surface area contributed by atoms with Crippen molar-refractivity contribution in [3.63, 3.8) is 0 Å². The quantitative estimate of drug-likeness (QED) is 0.468. The predicted molar refractivity (Wildman–Crippen MR) is 101 cm³/mol. The van der Waals surface area contributed by atoms with Gasteiger partial charge in [-0.15, -0.1) is 6.58 Å². The van der Waals surface area contributed by atoms with Gasteiger partial charge in [0.2, 0.25) is 11.8 Å². The molecule has 1 aliphatic heterocycles. The van der Waals surface area contributed by atoms with Crippen molar-refractivity contribution in [3.8, 4) is 0 Å². The number of rotatable bonds is 5. The van der Waals surface area contributed by atoms with Crippen molar-refractivity contribution in [2.75, 3.05) is 19.8 Å². The number of carbonyl (C=O) groups excluding carboxylic acids is 2. The second kappa shape index (κ2) is 6.17. The van der Waals surface area contributed by atoms with Crippen LogP contribution < -0.4 is 0 Å². The highest BCUT2D eigenvalue weighted by Gasteiger charge is 2.61. The van der Waals surface area contributed by atoms with E-state index in [1.165, 1.54) is 27.2 Å². The van der Waals surface area contributed by atoms with Gasteiger partial charge in [0.15, 0.2) is 0 Å². The lowest BCUT2D eigenvalue weighted by molar-refractivity contribution is -0.140. The molecule has 136 valence electrons. The highest BCUT2D eigenvalue weighted by molar-refractivity contribution is 6.07. The summed E-state index contributed by atoms with van der Waals surface area (Å²) < 4.78 is 5.42. The fourth-order valence-electron chi connectivity index (χ4n) is 5.28. The van der Waals surface area contributed by atoms with Gasteiger partial charge in [0, 0.05) is 11.8 Å². The highest BCUT2D eigenvalue weighted by atomic mass is 16.5. The maximum atomic E-state index is 13.3. The summed E-state index contributed by atoms with van der Waals surface area (Å²) in [5, 5.41) is 0. The van der Waals surface area contributed by atoms with Crippen molar-refractivity contribution in [1.29, 1.82) is 0 Å². The third kappa shape index (κ3) is 2.20. The summed E-state index contributed by atoms with van der Waals surface area (Å²) in [6.45, 7) is 4.70. The van der Waals surface area contributed by atoms with Crippen LogP contribution in [-0.4, -0.2) is 36.5 Å². The van der Waals surface area contributed by atoms with Gasteiger partial charge in [0.05, 0.1) is 31.6 Å². The van der Waals surface area contributed by atoms with Gasteiger partial charge in [-0.05, 0) is 22.3 Å². The first kappa shape index (κ1) is 16.5. The minimum atomic E-state index is -0.299. The van der Waals surface area contributed by atoms with Gasteiger partial charge in [-0.3, -0.25) is 14.5 Å². The van der Waals surface area contributed by atoms with E-state index in [-0.39, 0.29) is 35.5 Å². The predicted octanol–water partition coefficient (Wildman–Crippen LogP) is 3.08. The largest absolute Gasteiger partial charge is 0.376 e. The Hall–Kier alpha value is -2.72. The molecule has 1 heterocycles. The Morgan fingerprint density at radius 2 is 1.30 bits per heavy atom. The maximum absolute atomic E-state index is 13.3. The maximum Gasteiger partial charge on any atom is 0.234 e. The highest BCUT2D eigenvalue weighted by Crippen LogP contribution is 2.60. The van der Waals surface area contributed by atoms with Crippen LogP contribution in [0.25, 0.3) is 0 Å². The number of benzene rings is 2. The van der Waals surface area contributed by atoms with E-state index in [4.69, 9.17) is 4.74 Å². The Balaban J connectivity index is 1.58. The molecule has 0 unspecified atom stereocenters. The molecular weight excluding hydrogens is 338 g/mol. The Kier molecular flexibility index (Phi) is 3.76. The smallest absolute Gasteiger partial charge is 0.234 e. The molecule has 2 amide bonds. The van der Waals surface area contributed by atoms with Crippen molar-refractivity contribution in [1.82, 2.24) is 4.90 Å². The first-order valence-corrected chi connectivity index (χ1v) is 9.45. The van der Waals surface area contributed by atoms with Gasteiger partial charge < -0.3 is 4.74 Å². The summed E-state index contributed by atoms with van der Waals surface area (Å²) in [5.74, 6) is -0.776. The molecule has 27 heavy (non-hydrogen) atoms. The second-order valence-corrected chi connectivity index (χ2v) is 7.46. The molecule has 4 heteroatoms. The van der Waals surface area contributed by atoms with E-state index in [9.17, 15) is 9.59 Å². The molecule has 0 radical (unpaired) electrons. The van der Waals surface area contributed by atoms with Crippen molar-refractivity contribution in [2.24, 2.45) is 11.8 Å². The number of nitrogens with zero attached hydrogens (tertiary/aromatic N) is 1. The number of ether oxygens (including phenoxy) is 1. The molecule has 6 rings (SSSR count). The average Bonchev–Trinajstić information content (AvgIpc) is 2.96. The van der Waals surface area contributed by atoms with Crippen LogP contribution >= 0.6 is 0 Å². The lowest BCUT2D eigenvalue weighted by Gasteiger charge is -2.45. The van der Waals surface area contributed by atoms with Crippen LogP contribution in [0, 0.1) is 11.8 Å². The molecule has 1 saturated heterocycles. The third-order valence-electron chi connectivity index (χ3n) is 6.23. The van der Waals surface area contributed by atoms with E-state index in [1.54, 1.807) is 6.08 Å². The SMILES string of the molecule is C=CCOCCN1C(=O)[C@@H]2C3c4ccccc4C(c4ccccc43)[C@@H]2C1=O. The van der Waals surface area contributed by atoms with Crippen molar-refractivity contribution < 1.29 is 14.3 Å². The van der Waals surface area contributed by atoms with Gasteiger partial charge in [-0.2, -0.15) is 0 Å². The summed E-state index contributed by atoms with van der Waals surface area (Å²) >= 11 is 0. The number of likely N-dealkylation sites (tertiary alicyclic amines) is 1. The van der Waals surface area contributed by atoms with Gasteiger partial charge in [-0.25, -0.2) is 0 Å². The molecule has 0 aromatic heterocycles. The van der Waals surface area contributed by atoms with Crippen LogP contribution in [-0.2, 0) is 14.3 Å². The molecule has 0 N–H and O–H groups in total. The van der Waals surface area contributed by atoms with E-state index in [1.807, 2.05) is 24.3 Å². The zero-order valence-electron chi connectivity index (χ0n) is 15.0. The number of imide groups is 1. The Bertz CT molecular complexity index is 835. The lowest BCUT2D eigenvalue weighted by Crippen LogP contribution is -2.41. The Morgan fingerprint density at radius 1 is 0.852 bits per heavy atom. The molecule has 3 aliphatic carbocycles. The zero-order valence-corrected chi connectivity index (χ0v) is 15.0. The second-order valence-electron chi connectivity index (χ2n) is 7.46. The molecular formula is C23H21NO3. The molecule has 2 aromatic rings. The molecule has 2 atom stereocenters. The van der Waals surface area contributed by atoms with Crippen LogP contribution in [0.3, 0.4) is 0 Å². The molecule has 4 nitrogen and oxygen atoms in total. The van der Waals surface area contributed by atoms with Crippen LogP contribution in [0.15, 0.2) is 61.2 Å².